The van der Waals surface area contributed by atoms with Crippen LogP contribution in [0.2, 0.25) is 0 Å². The largest absolute Gasteiger partial charge is 0.465 e. The molecule has 3 fully saturated rings. The molecule has 8 heteroatoms. The number of esters is 1. The number of fused-ring (bicyclic) bond motifs is 2. The lowest BCUT2D eigenvalue weighted by Gasteiger charge is -2.39. The maximum atomic E-state index is 14.1. The van der Waals surface area contributed by atoms with E-state index in [1.807, 2.05) is 4.90 Å². The molecule has 0 bridgehead atoms. The highest BCUT2D eigenvalue weighted by Crippen LogP contribution is 2.60. The van der Waals surface area contributed by atoms with E-state index in [9.17, 15) is 19.5 Å². The van der Waals surface area contributed by atoms with E-state index < -0.39 is 22.6 Å². The number of ether oxygens (including phenoxy) is 1. The fourth-order valence-electron chi connectivity index (χ4n) is 6.47. The van der Waals surface area contributed by atoms with Crippen molar-refractivity contribution < 1.29 is 24.2 Å². The second-order valence-corrected chi connectivity index (χ2v) is 11.4. The van der Waals surface area contributed by atoms with E-state index in [0.717, 1.165) is 38.5 Å². The van der Waals surface area contributed by atoms with Gasteiger partial charge in [-0.25, -0.2) is 0 Å². The Morgan fingerprint density at radius 1 is 1.09 bits per heavy atom. The SMILES string of the molecule is O=C1OCCC/C=C\[C@@H]2S[C@]34C=CCN(C5CCCCC5)C(=O)C3N(CCCO)C(=O)[C@@H]4[C@H]12. The van der Waals surface area contributed by atoms with Gasteiger partial charge in [-0.2, -0.15) is 0 Å². The van der Waals surface area contributed by atoms with Crippen LogP contribution < -0.4 is 0 Å². The minimum absolute atomic E-state index is 0.00275. The zero-order valence-electron chi connectivity index (χ0n) is 19.1. The van der Waals surface area contributed by atoms with Crippen molar-refractivity contribution in [1.29, 1.82) is 0 Å². The van der Waals surface area contributed by atoms with Crippen molar-refractivity contribution in [2.75, 3.05) is 26.3 Å². The third-order valence-electron chi connectivity index (χ3n) is 7.95. The number of allylic oxidation sites excluding steroid dienone is 1. The van der Waals surface area contributed by atoms with Crippen LogP contribution in [-0.4, -0.2) is 81.1 Å². The number of amides is 2. The Hall–Kier alpha value is -1.80. The molecule has 1 aliphatic carbocycles. The molecule has 2 amide bonds. The van der Waals surface area contributed by atoms with Crippen molar-refractivity contribution in [3.8, 4) is 0 Å². The predicted octanol–water partition coefficient (Wildman–Crippen LogP) is 2.29. The van der Waals surface area contributed by atoms with Crippen molar-refractivity contribution in [2.45, 2.75) is 73.4 Å². The predicted molar refractivity (Wildman–Crippen MR) is 125 cm³/mol. The van der Waals surface area contributed by atoms with E-state index in [1.54, 1.807) is 16.7 Å². The average molecular weight is 475 g/mol. The first-order valence-corrected chi connectivity index (χ1v) is 13.4. The summed E-state index contributed by atoms with van der Waals surface area (Å²) in [5.74, 6) is -1.71. The van der Waals surface area contributed by atoms with E-state index in [1.165, 1.54) is 6.42 Å². The Kier molecular flexibility index (Phi) is 6.58. The number of rotatable bonds is 4. The molecule has 7 nitrogen and oxygen atoms in total. The number of aliphatic hydroxyl groups is 1. The molecule has 1 saturated carbocycles. The minimum Gasteiger partial charge on any atom is -0.465 e. The van der Waals surface area contributed by atoms with Gasteiger partial charge in [0.1, 0.15) is 6.04 Å². The number of nitrogens with zero attached hydrogens (tertiary/aromatic N) is 2. The molecule has 2 saturated heterocycles. The fourth-order valence-corrected chi connectivity index (χ4v) is 8.47. The summed E-state index contributed by atoms with van der Waals surface area (Å²) in [7, 11) is 0. The van der Waals surface area contributed by atoms with Gasteiger partial charge in [-0.05, 0) is 32.1 Å². The van der Waals surface area contributed by atoms with Crippen LogP contribution in [0.25, 0.3) is 0 Å². The highest BCUT2D eigenvalue weighted by molar-refractivity contribution is 8.02. The highest BCUT2D eigenvalue weighted by atomic mass is 32.2. The number of thioether (sulfide) groups is 1. The van der Waals surface area contributed by atoms with Gasteiger partial charge in [0.15, 0.2) is 0 Å². The second-order valence-electron chi connectivity index (χ2n) is 9.87. The van der Waals surface area contributed by atoms with E-state index in [2.05, 4.69) is 24.3 Å². The molecule has 1 N–H and O–H groups in total. The molecule has 180 valence electrons. The van der Waals surface area contributed by atoms with Crippen LogP contribution in [0, 0.1) is 11.8 Å². The van der Waals surface area contributed by atoms with Crippen molar-refractivity contribution in [3.05, 3.63) is 24.3 Å². The Balaban J connectivity index is 1.56. The van der Waals surface area contributed by atoms with Gasteiger partial charge in [-0.15, -0.1) is 11.8 Å². The van der Waals surface area contributed by atoms with E-state index in [-0.39, 0.29) is 35.7 Å². The van der Waals surface area contributed by atoms with Gasteiger partial charge < -0.3 is 19.6 Å². The molecule has 4 heterocycles. The maximum Gasteiger partial charge on any atom is 0.311 e. The number of cyclic esters (lactones) is 1. The van der Waals surface area contributed by atoms with Crippen molar-refractivity contribution in [2.24, 2.45) is 11.8 Å². The Bertz CT molecular complexity index is 854. The smallest absolute Gasteiger partial charge is 0.311 e. The zero-order valence-corrected chi connectivity index (χ0v) is 19.9. The Morgan fingerprint density at radius 2 is 1.91 bits per heavy atom. The fraction of sp³-hybridized carbons (Fsp3) is 0.720. The Labute approximate surface area is 199 Å². The van der Waals surface area contributed by atoms with Gasteiger partial charge >= 0.3 is 5.97 Å². The van der Waals surface area contributed by atoms with E-state index >= 15 is 0 Å². The number of likely N-dealkylation sites (tertiary alicyclic amines) is 1. The first kappa shape index (κ1) is 23.0. The summed E-state index contributed by atoms with van der Waals surface area (Å²) in [5, 5.41) is 9.29. The minimum atomic E-state index is -0.787. The van der Waals surface area contributed by atoms with Crippen molar-refractivity contribution in [3.63, 3.8) is 0 Å². The highest BCUT2D eigenvalue weighted by Gasteiger charge is 2.71. The number of hydrogen-bond acceptors (Lipinski definition) is 6. The summed E-state index contributed by atoms with van der Waals surface area (Å²) in [6.07, 6.45) is 15.7. The van der Waals surface area contributed by atoms with Crippen LogP contribution >= 0.6 is 11.8 Å². The Morgan fingerprint density at radius 3 is 2.70 bits per heavy atom. The number of carbonyl (C=O) groups is 3. The van der Waals surface area contributed by atoms with Crippen molar-refractivity contribution >= 4 is 29.5 Å². The van der Waals surface area contributed by atoms with Crippen LogP contribution in [-0.2, 0) is 19.1 Å². The van der Waals surface area contributed by atoms with Crippen LogP contribution in [0.15, 0.2) is 24.3 Å². The van der Waals surface area contributed by atoms with Crippen LogP contribution in [0.4, 0.5) is 0 Å². The third kappa shape index (κ3) is 3.83. The maximum absolute atomic E-state index is 14.1. The quantitative estimate of drug-likeness (QED) is 0.497. The number of carbonyl (C=O) groups excluding carboxylic acids is 3. The van der Waals surface area contributed by atoms with Gasteiger partial charge in [0.25, 0.3) is 0 Å². The molecule has 0 aromatic carbocycles. The zero-order chi connectivity index (χ0) is 23.0. The number of aliphatic hydroxyl groups excluding tert-OH is 1. The second kappa shape index (κ2) is 9.45. The molecule has 0 radical (unpaired) electrons. The van der Waals surface area contributed by atoms with E-state index in [0.29, 0.717) is 26.1 Å². The molecular weight excluding hydrogens is 440 g/mol. The first-order valence-electron chi connectivity index (χ1n) is 12.5. The van der Waals surface area contributed by atoms with Gasteiger partial charge in [0, 0.05) is 31.0 Å². The molecule has 1 unspecified atom stereocenters. The lowest BCUT2D eigenvalue weighted by molar-refractivity contribution is -0.153. The number of hydrogen-bond donors (Lipinski definition) is 1. The first-order chi connectivity index (χ1) is 16.1. The third-order valence-corrected chi connectivity index (χ3v) is 9.70. The molecular formula is C25H34N2O5S. The molecule has 5 atom stereocenters. The molecule has 5 aliphatic rings. The normalized spacial score (nSPS) is 38.0. The molecule has 33 heavy (non-hydrogen) atoms. The standard InChI is InChI=1S/C25H34N2O5S/c28-15-8-14-27-21-23(30)26(17-9-3-1-4-10-17)13-7-12-25(21)20(22(27)29)19-18(33-25)11-5-2-6-16-32-24(19)31/h5,7,11-12,17-21,28H,1-4,6,8-10,13-16H2/b11-5-/t18-,19+,20-,21?,25-/m0/s1. The van der Waals surface area contributed by atoms with Gasteiger partial charge in [0.05, 0.1) is 23.2 Å². The van der Waals surface area contributed by atoms with E-state index in [4.69, 9.17) is 4.74 Å². The van der Waals surface area contributed by atoms with Crippen LogP contribution in [0.5, 0.6) is 0 Å². The van der Waals surface area contributed by atoms with Gasteiger partial charge in [-0.3, -0.25) is 14.4 Å². The summed E-state index contributed by atoms with van der Waals surface area (Å²) < 4.78 is 4.79. The average Bonchev–Trinajstić information content (AvgIpc) is 3.23. The van der Waals surface area contributed by atoms with Crippen LogP contribution in [0.1, 0.15) is 51.4 Å². The molecule has 4 aliphatic heterocycles. The lowest BCUT2D eigenvalue weighted by atomic mass is 9.78. The summed E-state index contributed by atoms with van der Waals surface area (Å²) in [4.78, 5) is 44.8. The monoisotopic (exact) mass is 474 g/mol. The molecule has 0 aromatic rings. The summed E-state index contributed by atoms with van der Waals surface area (Å²) in [6.45, 7) is 1.17. The van der Waals surface area contributed by atoms with Crippen LogP contribution in [0.3, 0.4) is 0 Å². The summed E-state index contributed by atoms with van der Waals surface area (Å²) in [6, 6.07) is -0.447. The molecule has 0 aromatic heterocycles. The molecule has 1 spiro atoms. The summed E-state index contributed by atoms with van der Waals surface area (Å²) >= 11 is 1.59. The molecule has 5 rings (SSSR count). The lowest BCUT2D eigenvalue weighted by Crippen LogP contribution is -2.55. The van der Waals surface area contributed by atoms with Gasteiger partial charge in [0.2, 0.25) is 11.8 Å². The topological polar surface area (TPSA) is 87.2 Å². The van der Waals surface area contributed by atoms with Crippen molar-refractivity contribution in [1.82, 2.24) is 9.80 Å². The summed E-state index contributed by atoms with van der Waals surface area (Å²) in [5.41, 5.74) is 0. The van der Waals surface area contributed by atoms with Gasteiger partial charge in [-0.1, -0.05) is 43.6 Å².